The summed E-state index contributed by atoms with van der Waals surface area (Å²) < 4.78 is 33.0. The monoisotopic (exact) mass is 376 g/mol. The molecule has 8 heteroatoms. The zero-order chi connectivity index (χ0) is 14.9. The Bertz CT molecular complexity index is 741. The number of halogens is 1. The first-order valence-corrected chi connectivity index (χ1v) is 8.65. The number of sulfonamides is 1. The summed E-state index contributed by atoms with van der Waals surface area (Å²) >= 11 is 4.65. The van der Waals surface area contributed by atoms with Crippen molar-refractivity contribution in [3.05, 3.63) is 32.9 Å². The lowest BCUT2D eigenvalue weighted by Gasteiger charge is -2.10. The number of nitrogens with one attached hydrogen (secondary N) is 1. The highest BCUT2D eigenvalue weighted by atomic mass is 79.9. The van der Waals surface area contributed by atoms with E-state index in [9.17, 15) is 8.42 Å². The van der Waals surface area contributed by atoms with Crippen molar-refractivity contribution < 1.29 is 13.2 Å². The highest BCUT2D eigenvalue weighted by Gasteiger charge is 2.20. The van der Waals surface area contributed by atoms with Crippen LogP contribution >= 0.6 is 27.3 Å². The van der Waals surface area contributed by atoms with Gasteiger partial charge in [0.15, 0.2) is 0 Å². The number of hydrogen-bond acceptors (Lipinski definition) is 5. The van der Waals surface area contributed by atoms with Gasteiger partial charge in [0.05, 0.1) is 22.3 Å². The molecule has 0 unspecified atom stereocenters. The summed E-state index contributed by atoms with van der Waals surface area (Å²) in [6.45, 7) is 1.76. The lowest BCUT2D eigenvalue weighted by atomic mass is 10.3. The molecule has 0 fully saturated rings. The van der Waals surface area contributed by atoms with Crippen LogP contribution in [-0.2, 0) is 10.0 Å². The van der Waals surface area contributed by atoms with Crippen molar-refractivity contribution >= 4 is 48.7 Å². The fourth-order valence-electron chi connectivity index (χ4n) is 1.68. The fourth-order valence-corrected chi connectivity index (χ4v) is 5.15. The number of anilines is 2. The molecule has 0 aliphatic heterocycles. The van der Waals surface area contributed by atoms with E-state index in [4.69, 9.17) is 10.5 Å². The van der Waals surface area contributed by atoms with Crippen LogP contribution in [0.2, 0.25) is 0 Å². The predicted molar refractivity (Wildman–Crippen MR) is 85.0 cm³/mol. The maximum Gasteiger partial charge on any atom is 0.263 e. The average Bonchev–Trinajstić information content (AvgIpc) is 2.71. The molecule has 0 saturated carbocycles. The Morgan fingerprint density at radius 3 is 2.60 bits per heavy atom. The molecular weight excluding hydrogens is 364 g/mol. The number of methoxy groups -OCH3 is 1. The molecule has 0 atom stereocenters. The lowest BCUT2D eigenvalue weighted by molar-refractivity contribution is 0.417. The number of thiophene rings is 1. The Hall–Kier alpha value is -1.25. The van der Waals surface area contributed by atoms with E-state index in [0.29, 0.717) is 22.0 Å². The van der Waals surface area contributed by atoms with Gasteiger partial charge in [0.2, 0.25) is 0 Å². The molecule has 0 bridgehead atoms. The van der Waals surface area contributed by atoms with Gasteiger partial charge in [0, 0.05) is 10.9 Å². The molecule has 1 aromatic carbocycles. The van der Waals surface area contributed by atoms with Gasteiger partial charge >= 0.3 is 0 Å². The standard InChI is InChI=1S/C12H13BrN2O3S2/c1-7-11(6-12(13)19-7)20(16,17)15-8-3-4-9(14)10(5-8)18-2/h3-6,15H,14H2,1-2H3. The van der Waals surface area contributed by atoms with Crippen molar-refractivity contribution in [1.29, 1.82) is 0 Å². The predicted octanol–water partition coefficient (Wildman–Crippen LogP) is 3.21. The molecule has 0 aliphatic rings. The van der Waals surface area contributed by atoms with Crippen LogP contribution in [0.3, 0.4) is 0 Å². The Balaban J connectivity index is 2.36. The molecule has 0 amide bonds. The summed E-state index contributed by atoms with van der Waals surface area (Å²) in [5.41, 5.74) is 6.55. The van der Waals surface area contributed by atoms with E-state index in [1.807, 2.05) is 0 Å². The minimum atomic E-state index is -3.63. The van der Waals surface area contributed by atoms with E-state index < -0.39 is 10.0 Å². The highest BCUT2D eigenvalue weighted by Crippen LogP contribution is 2.32. The number of rotatable bonds is 4. The quantitative estimate of drug-likeness (QED) is 0.802. The Morgan fingerprint density at radius 2 is 2.05 bits per heavy atom. The molecule has 1 aromatic heterocycles. The maximum absolute atomic E-state index is 12.3. The van der Waals surface area contributed by atoms with Crippen LogP contribution < -0.4 is 15.2 Å². The summed E-state index contributed by atoms with van der Waals surface area (Å²) in [4.78, 5) is 0.969. The van der Waals surface area contributed by atoms with Crippen molar-refractivity contribution in [2.75, 3.05) is 17.6 Å². The first kappa shape index (κ1) is 15.1. The van der Waals surface area contributed by atoms with Crippen LogP contribution in [0.5, 0.6) is 5.75 Å². The van der Waals surface area contributed by atoms with E-state index in [1.165, 1.54) is 18.4 Å². The SMILES string of the molecule is COc1cc(NS(=O)(=O)c2cc(Br)sc2C)ccc1N. The van der Waals surface area contributed by atoms with Gasteiger partial charge in [-0.3, -0.25) is 4.72 Å². The van der Waals surface area contributed by atoms with Gasteiger partial charge in [0.1, 0.15) is 10.6 Å². The summed E-state index contributed by atoms with van der Waals surface area (Å²) in [6, 6.07) is 6.31. The molecule has 3 N–H and O–H groups in total. The van der Waals surface area contributed by atoms with E-state index in [1.54, 1.807) is 31.2 Å². The molecule has 0 aliphatic carbocycles. The molecule has 0 saturated heterocycles. The van der Waals surface area contributed by atoms with Crippen LogP contribution in [0, 0.1) is 6.92 Å². The maximum atomic E-state index is 12.3. The number of nitrogen functional groups attached to an aromatic ring is 1. The van der Waals surface area contributed by atoms with E-state index in [-0.39, 0.29) is 4.90 Å². The number of aryl methyl sites for hydroxylation is 1. The zero-order valence-electron chi connectivity index (χ0n) is 10.8. The minimum Gasteiger partial charge on any atom is -0.495 e. The van der Waals surface area contributed by atoms with Gasteiger partial charge in [-0.2, -0.15) is 0 Å². The molecule has 2 rings (SSSR count). The van der Waals surface area contributed by atoms with Crippen LogP contribution in [0.1, 0.15) is 4.88 Å². The normalized spacial score (nSPS) is 11.3. The molecular formula is C12H13BrN2O3S2. The van der Waals surface area contributed by atoms with Crippen molar-refractivity contribution in [1.82, 2.24) is 0 Å². The molecule has 1 heterocycles. The molecule has 0 radical (unpaired) electrons. The van der Waals surface area contributed by atoms with Gasteiger partial charge < -0.3 is 10.5 Å². The lowest BCUT2D eigenvalue weighted by Crippen LogP contribution is -2.13. The third-order valence-corrected chi connectivity index (χ3v) is 5.81. The topological polar surface area (TPSA) is 81.4 Å². The second-order valence-corrected chi connectivity index (χ2v) is 8.32. The van der Waals surface area contributed by atoms with Crippen molar-refractivity contribution in [3.63, 3.8) is 0 Å². The fraction of sp³-hybridized carbons (Fsp3) is 0.167. The summed E-state index contributed by atoms with van der Waals surface area (Å²) in [6.07, 6.45) is 0. The van der Waals surface area contributed by atoms with E-state index >= 15 is 0 Å². The van der Waals surface area contributed by atoms with Crippen molar-refractivity contribution in [3.8, 4) is 5.75 Å². The first-order chi connectivity index (χ1) is 9.33. The minimum absolute atomic E-state index is 0.255. The van der Waals surface area contributed by atoms with Crippen molar-refractivity contribution in [2.45, 2.75) is 11.8 Å². The number of benzene rings is 1. The number of ether oxygens (including phenoxy) is 1. The number of nitrogens with two attached hydrogens (primary N) is 1. The van der Waals surface area contributed by atoms with Crippen LogP contribution in [0.15, 0.2) is 32.9 Å². The third-order valence-electron chi connectivity index (χ3n) is 2.62. The highest BCUT2D eigenvalue weighted by molar-refractivity contribution is 9.11. The molecule has 108 valence electrons. The summed E-state index contributed by atoms with van der Waals surface area (Å²) in [7, 11) is -2.15. The Kier molecular flexibility index (Phi) is 4.26. The van der Waals surface area contributed by atoms with Crippen LogP contribution in [0.4, 0.5) is 11.4 Å². The third kappa shape index (κ3) is 3.08. The second-order valence-electron chi connectivity index (χ2n) is 4.03. The molecule has 0 spiro atoms. The molecule has 5 nitrogen and oxygen atoms in total. The first-order valence-electron chi connectivity index (χ1n) is 5.56. The number of hydrogen-bond donors (Lipinski definition) is 2. The summed E-state index contributed by atoms with van der Waals surface area (Å²) in [5.74, 6) is 0.424. The van der Waals surface area contributed by atoms with Gasteiger partial charge in [-0.25, -0.2) is 8.42 Å². The van der Waals surface area contributed by atoms with Crippen LogP contribution in [0.25, 0.3) is 0 Å². The van der Waals surface area contributed by atoms with Crippen molar-refractivity contribution in [2.24, 2.45) is 0 Å². The molecule has 20 heavy (non-hydrogen) atoms. The Labute approximate surface area is 129 Å². The molecule has 2 aromatic rings. The smallest absolute Gasteiger partial charge is 0.263 e. The van der Waals surface area contributed by atoms with Gasteiger partial charge in [0.25, 0.3) is 10.0 Å². The van der Waals surface area contributed by atoms with E-state index in [0.717, 1.165) is 3.79 Å². The van der Waals surface area contributed by atoms with E-state index in [2.05, 4.69) is 20.7 Å². The Morgan fingerprint density at radius 1 is 1.35 bits per heavy atom. The van der Waals surface area contributed by atoms with Gasteiger partial charge in [-0.05, 0) is 41.1 Å². The van der Waals surface area contributed by atoms with Gasteiger partial charge in [-0.1, -0.05) is 0 Å². The second kappa shape index (κ2) is 5.63. The van der Waals surface area contributed by atoms with Crippen LogP contribution in [-0.4, -0.2) is 15.5 Å². The summed E-state index contributed by atoms with van der Waals surface area (Å²) in [5, 5.41) is 0. The van der Waals surface area contributed by atoms with Gasteiger partial charge in [-0.15, -0.1) is 11.3 Å². The average molecular weight is 377 g/mol. The zero-order valence-corrected chi connectivity index (χ0v) is 14.0. The largest absolute Gasteiger partial charge is 0.495 e.